The quantitative estimate of drug-likeness (QED) is 0.856. The first kappa shape index (κ1) is 11.8. The molecule has 20 heavy (non-hydrogen) atoms. The van der Waals surface area contributed by atoms with Crippen molar-refractivity contribution in [3.05, 3.63) is 48.2 Å². The van der Waals surface area contributed by atoms with Crippen molar-refractivity contribution in [2.24, 2.45) is 0 Å². The van der Waals surface area contributed by atoms with E-state index in [-0.39, 0.29) is 0 Å². The van der Waals surface area contributed by atoms with Gasteiger partial charge in [0.1, 0.15) is 12.1 Å². The predicted octanol–water partition coefficient (Wildman–Crippen LogP) is 2.74. The van der Waals surface area contributed by atoms with Gasteiger partial charge in [-0.05, 0) is 31.4 Å². The molecule has 0 N–H and O–H groups in total. The second-order valence-corrected chi connectivity index (χ2v) is 5.76. The van der Waals surface area contributed by atoms with Crippen molar-refractivity contribution in [3.63, 3.8) is 0 Å². The molecule has 1 unspecified atom stereocenters. The van der Waals surface area contributed by atoms with E-state index in [4.69, 9.17) is 0 Å². The number of hydrogen-bond acceptors (Lipinski definition) is 4. The minimum Gasteiger partial charge on any atom is -0.356 e. The average Bonchev–Trinajstić information content (AvgIpc) is 3.25. The topological polar surface area (TPSA) is 41.9 Å². The fourth-order valence-corrected chi connectivity index (χ4v) is 2.96. The van der Waals surface area contributed by atoms with Gasteiger partial charge in [-0.2, -0.15) is 0 Å². The second-order valence-electron chi connectivity index (χ2n) is 5.76. The zero-order chi connectivity index (χ0) is 13.4. The Balaban J connectivity index is 1.52. The number of rotatable bonds is 3. The van der Waals surface area contributed by atoms with E-state index in [0.29, 0.717) is 11.8 Å². The molecule has 1 saturated carbocycles. The van der Waals surface area contributed by atoms with E-state index in [1.165, 1.54) is 24.2 Å². The van der Waals surface area contributed by atoms with Crippen LogP contribution in [0, 0.1) is 0 Å². The average molecular weight is 266 g/mol. The lowest BCUT2D eigenvalue weighted by Gasteiger charge is -2.17. The predicted molar refractivity (Wildman–Crippen MR) is 77.8 cm³/mol. The fraction of sp³-hybridized carbons (Fsp3) is 0.438. The van der Waals surface area contributed by atoms with E-state index in [0.717, 1.165) is 25.3 Å². The van der Waals surface area contributed by atoms with Crippen molar-refractivity contribution in [2.45, 2.75) is 31.1 Å². The van der Waals surface area contributed by atoms with Crippen LogP contribution in [0.15, 0.2) is 36.8 Å². The molecule has 2 aromatic heterocycles. The van der Waals surface area contributed by atoms with E-state index in [2.05, 4.69) is 38.1 Å². The zero-order valence-electron chi connectivity index (χ0n) is 11.4. The van der Waals surface area contributed by atoms with Crippen molar-refractivity contribution >= 4 is 5.82 Å². The number of aromatic nitrogens is 3. The lowest BCUT2D eigenvalue weighted by atomic mass is 10.0. The van der Waals surface area contributed by atoms with Gasteiger partial charge in [0.15, 0.2) is 0 Å². The molecule has 1 atom stereocenters. The summed E-state index contributed by atoms with van der Waals surface area (Å²) in [5.41, 5.74) is 2.42. The Morgan fingerprint density at radius 3 is 2.70 bits per heavy atom. The molecule has 0 aromatic carbocycles. The van der Waals surface area contributed by atoms with Crippen LogP contribution in [0.25, 0.3) is 0 Å². The fourth-order valence-electron chi connectivity index (χ4n) is 2.96. The van der Waals surface area contributed by atoms with Crippen LogP contribution in [0.1, 0.15) is 42.5 Å². The van der Waals surface area contributed by atoms with Crippen LogP contribution in [0.2, 0.25) is 0 Å². The van der Waals surface area contributed by atoms with Gasteiger partial charge in [0.25, 0.3) is 0 Å². The van der Waals surface area contributed by atoms with Crippen LogP contribution in [0.5, 0.6) is 0 Å². The molecule has 1 aliphatic heterocycles. The summed E-state index contributed by atoms with van der Waals surface area (Å²) in [4.78, 5) is 15.7. The molecule has 0 spiro atoms. The molecule has 102 valence electrons. The van der Waals surface area contributed by atoms with Crippen LogP contribution in [0.4, 0.5) is 5.82 Å². The number of hydrogen-bond donors (Lipinski definition) is 0. The summed E-state index contributed by atoms with van der Waals surface area (Å²) in [6.07, 6.45) is 7.32. The Morgan fingerprint density at radius 1 is 0.950 bits per heavy atom. The second kappa shape index (κ2) is 4.85. The third-order valence-electron chi connectivity index (χ3n) is 4.29. The van der Waals surface area contributed by atoms with Gasteiger partial charge >= 0.3 is 0 Å². The first-order valence-electron chi connectivity index (χ1n) is 7.38. The monoisotopic (exact) mass is 266 g/mol. The van der Waals surface area contributed by atoms with Crippen LogP contribution < -0.4 is 4.90 Å². The molecule has 1 saturated heterocycles. The van der Waals surface area contributed by atoms with Crippen molar-refractivity contribution in [1.29, 1.82) is 0 Å². The number of pyridine rings is 1. The summed E-state index contributed by atoms with van der Waals surface area (Å²) in [7, 11) is 0. The molecule has 3 heterocycles. The Kier molecular flexibility index (Phi) is 2.87. The third kappa shape index (κ3) is 2.26. The molecule has 4 nitrogen and oxygen atoms in total. The molecular weight excluding hydrogens is 248 g/mol. The molecule has 4 heteroatoms. The van der Waals surface area contributed by atoms with E-state index in [1.54, 1.807) is 6.33 Å². The van der Waals surface area contributed by atoms with Gasteiger partial charge in [-0.25, -0.2) is 9.97 Å². The first-order valence-corrected chi connectivity index (χ1v) is 7.38. The Hall–Kier alpha value is -1.97. The van der Waals surface area contributed by atoms with Crippen LogP contribution in [-0.2, 0) is 0 Å². The zero-order valence-corrected chi connectivity index (χ0v) is 11.4. The summed E-state index contributed by atoms with van der Waals surface area (Å²) in [6.45, 7) is 2.07. The number of nitrogens with zero attached hydrogens (tertiary/aromatic N) is 4. The highest BCUT2D eigenvalue weighted by Gasteiger charge is 2.28. The Morgan fingerprint density at radius 2 is 1.90 bits per heavy atom. The van der Waals surface area contributed by atoms with Crippen LogP contribution in [-0.4, -0.2) is 28.0 Å². The van der Waals surface area contributed by atoms with E-state index in [9.17, 15) is 0 Å². The highest BCUT2D eigenvalue weighted by molar-refractivity contribution is 5.42. The molecule has 2 aromatic rings. The van der Waals surface area contributed by atoms with Gasteiger partial charge in [0.2, 0.25) is 0 Å². The molecule has 0 amide bonds. The van der Waals surface area contributed by atoms with E-state index >= 15 is 0 Å². The van der Waals surface area contributed by atoms with Gasteiger partial charge in [0, 0.05) is 48.6 Å². The summed E-state index contributed by atoms with van der Waals surface area (Å²) >= 11 is 0. The maximum Gasteiger partial charge on any atom is 0.132 e. The van der Waals surface area contributed by atoms with Crippen LogP contribution in [0.3, 0.4) is 0 Å². The largest absolute Gasteiger partial charge is 0.356 e. The summed E-state index contributed by atoms with van der Waals surface area (Å²) in [5, 5.41) is 0. The van der Waals surface area contributed by atoms with Crippen LogP contribution >= 0.6 is 0 Å². The van der Waals surface area contributed by atoms with Crippen molar-refractivity contribution in [2.75, 3.05) is 18.0 Å². The van der Waals surface area contributed by atoms with E-state index in [1.807, 2.05) is 12.3 Å². The maximum absolute atomic E-state index is 4.49. The highest BCUT2D eigenvalue weighted by Crippen LogP contribution is 2.40. The lowest BCUT2D eigenvalue weighted by molar-refractivity contribution is 0.743. The van der Waals surface area contributed by atoms with Gasteiger partial charge in [0.05, 0.1) is 0 Å². The molecule has 0 bridgehead atoms. The summed E-state index contributed by atoms with van der Waals surface area (Å²) in [6, 6.07) is 8.35. The number of anilines is 1. The minimum absolute atomic E-state index is 0.524. The molecule has 4 rings (SSSR count). The third-order valence-corrected chi connectivity index (χ3v) is 4.29. The van der Waals surface area contributed by atoms with Gasteiger partial charge < -0.3 is 4.90 Å². The lowest BCUT2D eigenvalue weighted by Crippen LogP contribution is -2.20. The Bertz CT molecular complexity index is 594. The maximum atomic E-state index is 4.49. The standard InChI is InChI=1S/C16H18N4/c1-2-7-17-14(3-1)13-6-8-20(10-13)16-9-15(12-4-5-12)18-11-19-16/h1-3,7,9,11-13H,4-6,8,10H2. The van der Waals surface area contributed by atoms with Gasteiger partial charge in [-0.1, -0.05) is 6.07 Å². The van der Waals surface area contributed by atoms with Crippen molar-refractivity contribution < 1.29 is 0 Å². The molecule has 1 aliphatic carbocycles. The van der Waals surface area contributed by atoms with Crippen molar-refractivity contribution in [1.82, 2.24) is 15.0 Å². The summed E-state index contributed by atoms with van der Waals surface area (Å²) in [5.74, 6) is 2.29. The normalized spacial score (nSPS) is 22.2. The molecular formula is C16H18N4. The van der Waals surface area contributed by atoms with E-state index < -0.39 is 0 Å². The Labute approximate surface area is 118 Å². The smallest absolute Gasteiger partial charge is 0.132 e. The first-order chi connectivity index (χ1) is 9.90. The molecule has 0 radical (unpaired) electrons. The van der Waals surface area contributed by atoms with Gasteiger partial charge in [-0.3, -0.25) is 4.98 Å². The minimum atomic E-state index is 0.524. The molecule has 2 aliphatic rings. The SMILES string of the molecule is c1ccc(C2CCN(c3cc(C4CC4)ncn3)C2)nc1. The summed E-state index contributed by atoms with van der Waals surface area (Å²) < 4.78 is 0. The van der Waals surface area contributed by atoms with Crippen molar-refractivity contribution in [3.8, 4) is 0 Å². The highest BCUT2D eigenvalue weighted by atomic mass is 15.2. The van der Waals surface area contributed by atoms with Gasteiger partial charge in [-0.15, -0.1) is 0 Å². The molecule has 2 fully saturated rings.